The fourth-order valence-corrected chi connectivity index (χ4v) is 2.05. The first-order valence-electron chi connectivity index (χ1n) is 4.97. The van der Waals surface area contributed by atoms with Crippen LogP contribution in [0.15, 0.2) is 35.0 Å². The van der Waals surface area contributed by atoms with Crippen LogP contribution in [0.4, 0.5) is 0 Å². The van der Waals surface area contributed by atoms with Gasteiger partial charge in [0.15, 0.2) is 0 Å². The molecule has 1 aromatic heterocycles. The lowest BCUT2D eigenvalue weighted by Gasteiger charge is -2.08. The molecule has 0 atom stereocenters. The largest absolute Gasteiger partial charge is 0.489 e. The van der Waals surface area contributed by atoms with Crippen molar-refractivity contribution in [2.45, 2.75) is 20.5 Å². The van der Waals surface area contributed by atoms with Gasteiger partial charge in [0.2, 0.25) is 0 Å². The molecule has 0 saturated carbocycles. The Hall–Kier alpha value is -1.28. The van der Waals surface area contributed by atoms with E-state index in [1.807, 2.05) is 0 Å². The molecule has 0 aliphatic rings. The van der Waals surface area contributed by atoms with Crippen molar-refractivity contribution in [2.75, 3.05) is 0 Å². The Kier molecular flexibility index (Phi) is 3.07. The maximum Gasteiger partial charge on any atom is 0.122 e. The number of ether oxygens (including phenoxy) is 1. The summed E-state index contributed by atoms with van der Waals surface area (Å²) in [5, 5.41) is 4.19. The van der Waals surface area contributed by atoms with Gasteiger partial charge in [0.05, 0.1) is 0 Å². The predicted molar refractivity (Wildman–Crippen MR) is 64.6 cm³/mol. The van der Waals surface area contributed by atoms with E-state index >= 15 is 0 Å². The van der Waals surface area contributed by atoms with Crippen molar-refractivity contribution in [2.24, 2.45) is 0 Å². The molecule has 2 rings (SSSR count). The van der Waals surface area contributed by atoms with Crippen molar-refractivity contribution in [3.8, 4) is 5.75 Å². The second-order valence-electron chi connectivity index (χ2n) is 3.69. The molecule has 1 aromatic carbocycles. The van der Waals surface area contributed by atoms with E-state index in [1.165, 1.54) is 16.7 Å². The van der Waals surface area contributed by atoms with Crippen molar-refractivity contribution < 1.29 is 4.74 Å². The first-order chi connectivity index (χ1) is 7.25. The van der Waals surface area contributed by atoms with E-state index < -0.39 is 0 Å². The van der Waals surface area contributed by atoms with Gasteiger partial charge in [-0.05, 0) is 53.4 Å². The molecule has 0 aliphatic heterocycles. The second kappa shape index (κ2) is 4.49. The third-order valence-electron chi connectivity index (χ3n) is 2.32. The zero-order valence-electron chi connectivity index (χ0n) is 8.99. The summed E-state index contributed by atoms with van der Waals surface area (Å²) in [6.07, 6.45) is 0. The highest BCUT2D eigenvalue weighted by Crippen LogP contribution is 2.20. The van der Waals surface area contributed by atoms with Gasteiger partial charge < -0.3 is 4.74 Å². The monoisotopic (exact) mass is 218 g/mol. The van der Waals surface area contributed by atoms with Crippen LogP contribution < -0.4 is 4.74 Å². The zero-order chi connectivity index (χ0) is 10.7. The van der Waals surface area contributed by atoms with Crippen molar-refractivity contribution in [1.29, 1.82) is 0 Å². The third kappa shape index (κ3) is 2.60. The van der Waals surface area contributed by atoms with E-state index in [2.05, 4.69) is 48.9 Å². The lowest BCUT2D eigenvalue weighted by atomic mass is 10.1. The predicted octanol–water partition coefficient (Wildman–Crippen LogP) is 3.94. The second-order valence-corrected chi connectivity index (χ2v) is 4.47. The highest BCUT2D eigenvalue weighted by Gasteiger charge is 2.00. The minimum Gasteiger partial charge on any atom is -0.489 e. The van der Waals surface area contributed by atoms with Gasteiger partial charge in [-0.2, -0.15) is 11.3 Å². The molecule has 0 saturated heterocycles. The summed E-state index contributed by atoms with van der Waals surface area (Å²) in [7, 11) is 0. The molecule has 1 nitrogen and oxygen atoms in total. The van der Waals surface area contributed by atoms with Crippen LogP contribution in [0.3, 0.4) is 0 Å². The van der Waals surface area contributed by atoms with E-state index in [4.69, 9.17) is 4.74 Å². The molecule has 0 unspecified atom stereocenters. The average Bonchev–Trinajstić information content (AvgIpc) is 2.72. The average molecular weight is 218 g/mol. The van der Waals surface area contributed by atoms with Gasteiger partial charge in [-0.15, -0.1) is 0 Å². The minimum atomic E-state index is 0.661. The van der Waals surface area contributed by atoms with Gasteiger partial charge in [-0.3, -0.25) is 0 Å². The first kappa shape index (κ1) is 10.2. The van der Waals surface area contributed by atoms with Crippen LogP contribution in [-0.4, -0.2) is 0 Å². The maximum atomic E-state index is 5.77. The number of thiophene rings is 1. The Morgan fingerprint density at radius 3 is 2.80 bits per heavy atom. The molecule has 0 spiro atoms. The Bertz CT molecular complexity index is 432. The lowest BCUT2D eigenvalue weighted by molar-refractivity contribution is 0.304. The van der Waals surface area contributed by atoms with E-state index in [1.54, 1.807) is 11.3 Å². The summed E-state index contributed by atoms with van der Waals surface area (Å²) >= 11 is 1.70. The smallest absolute Gasteiger partial charge is 0.122 e. The number of benzene rings is 1. The van der Waals surface area contributed by atoms with Crippen LogP contribution in [0, 0.1) is 13.8 Å². The number of hydrogen-bond donors (Lipinski definition) is 0. The minimum absolute atomic E-state index is 0.661. The van der Waals surface area contributed by atoms with Gasteiger partial charge in [-0.25, -0.2) is 0 Å². The first-order valence-corrected chi connectivity index (χ1v) is 5.91. The van der Waals surface area contributed by atoms with Crippen molar-refractivity contribution in [3.05, 3.63) is 51.7 Å². The highest BCUT2D eigenvalue weighted by atomic mass is 32.1. The van der Waals surface area contributed by atoms with Crippen LogP contribution in [0.2, 0.25) is 0 Å². The summed E-state index contributed by atoms with van der Waals surface area (Å²) in [4.78, 5) is 0. The van der Waals surface area contributed by atoms with Gasteiger partial charge in [0.25, 0.3) is 0 Å². The molecule has 2 aromatic rings. The summed E-state index contributed by atoms with van der Waals surface area (Å²) in [5.74, 6) is 0.987. The lowest BCUT2D eigenvalue weighted by Crippen LogP contribution is -1.95. The SMILES string of the molecule is Cc1ccc(C)c(OCc2ccsc2)c1. The Labute approximate surface area is 94.3 Å². The summed E-state index contributed by atoms with van der Waals surface area (Å²) in [6, 6.07) is 8.38. The van der Waals surface area contributed by atoms with Crippen LogP contribution in [-0.2, 0) is 6.61 Å². The normalized spacial score (nSPS) is 10.3. The topological polar surface area (TPSA) is 9.23 Å². The molecule has 0 N–H and O–H groups in total. The Balaban J connectivity index is 2.07. The van der Waals surface area contributed by atoms with E-state index in [0.29, 0.717) is 6.61 Å². The van der Waals surface area contributed by atoms with Crippen molar-refractivity contribution >= 4 is 11.3 Å². The van der Waals surface area contributed by atoms with Gasteiger partial charge in [0, 0.05) is 0 Å². The zero-order valence-corrected chi connectivity index (χ0v) is 9.80. The number of aryl methyl sites for hydroxylation is 2. The molecule has 1 heterocycles. The van der Waals surface area contributed by atoms with E-state index in [0.717, 1.165) is 5.75 Å². The van der Waals surface area contributed by atoms with Gasteiger partial charge in [-0.1, -0.05) is 12.1 Å². The van der Waals surface area contributed by atoms with Crippen molar-refractivity contribution in [1.82, 2.24) is 0 Å². The molecule has 0 radical (unpaired) electrons. The van der Waals surface area contributed by atoms with Crippen LogP contribution >= 0.6 is 11.3 Å². The molecular weight excluding hydrogens is 204 g/mol. The molecular formula is C13H14OS. The number of rotatable bonds is 3. The Morgan fingerprint density at radius 1 is 1.20 bits per heavy atom. The molecule has 0 aliphatic carbocycles. The van der Waals surface area contributed by atoms with Crippen LogP contribution in [0.1, 0.15) is 16.7 Å². The van der Waals surface area contributed by atoms with Gasteiger partial charge in [0.1, 0.15) is 12.4 Å². The van der Waals surface area contributed by atoms with Gasteiger partial charge >= 0.3 is 0 Å². The van der Waals surface area contributed by atoms with E-state index in [-0.39, 0.29) is 0 Å². The van der Waals surface area contributed by atoms with E-state index in [9.17, 15) is 0 Å². The van der Waals surface area contributed by atoms with Crippen LogP contribution in [0.5, 0.6) is 5.75 Å². The van der Waals surface area contributed by atoms with Crippen LogP contribution in [0.25, 0.3) is 0 Å². The molecule has 78 valence electrons. The fraction of sp³-hybridized carbons (Fsp3) is 0.231. The summed E-state index contributed by atoms with van der Waals surface area (Å²) in [5.41, 5.74) is 3.66. The molecule has 2 heteroatoms. The fourth-order valence-electron chi connectivity index (χ4n) is 1.40. The Morgan fingerprint density at radius 2 is 2.07 bits per heavy atom. The van der Waals surface area contributed by atoms with Crippen molar-refractivity contribution in [3.63, 3.8) is 0 Å². The number of hydrogen-bond acceptors (Lipinski definition) is 2. The highest BCUT2D eigenvalue weighted by molar-refractivity contribution is 7.07. The summed E-state index contributed by atoms with van der Waals surface area (Å²) < 4.78 is 5.77. The maximum absolute atomic E-state index is 5.77. The third-order valence-corrected chi connectivity index (χ3v) is 3.05. The standard InChI is InChI=1S/C13H14OS/c1-10-3-4-11(2)13(7-10)14-8-12-5-6-15-9-12/h3-7,9H,8H2,1-2H3. The molecule has 0 fully saturated rings. The molecule has 0 bridgehead atoms. The summed E-state index contributed by atoms with van der Waals surface area (Å²) in [6.45, 7) is 4.81. The quantitative estimate of drug-likeness (QED) is 0.758. The molecule has 0 amide bonds. The molecule has 15 heavy (non-hydrogen) atoms.